The van der Waals surface area contributed by atoms with Gasteiger partial charge in [0.2, 0.25) is 0 Å². The summed E-state index contributed by atoms with van der Waals surface area (Å²) < 4.78 is 5.69. The van der Waals surface area contributed by atoms with E-state index in [0.29, 0.717) is 5.75 Å². The molecule has 3 heteroatoms. The minimum atomic E-state index is -0.521. The zero-order chi connectivity index (χ0) is 16.9. The number of aryl methyl sites for hydroxylation is 2. The van der Waals surface area contributed by atoms with E-state index in [1.165, 1.54) is 30.4 Å². The van der Waals surface area contributed by atoms with Crippen LogP contribution >= 0.6 is 0 Å². The molecule has 1 N–H and O–H groups in total. The summed E-state index contributed by atoms with van der Waals surface area (Å²) in [6, 6.07) is 16.0. The van der Waals surface area contributed by atoms with E-state index in [4.69, 9.17) is 4.74 Å². The third-order valence-electron chi connectivity index (χ3n) is 4.66. The van der Waals surface area contributed by atoms with Gasteiger partial charge in [0.1, 0.15) is 5.75 Å². The fraction of sp³-hybridized carbons (Fsp3) is 0.381. The summed E-state index contributed by atoms with van der Waals surface area (Å²) >= 11 is 0. The van der Waals surface area contributed by atoms with E-state index in [1.807, 2.05) is 37.3 Å². The topological polar surface area (TPSA) is 38.3 Å². The molecule has 0 bridgehead atoms. The van der Waals surface area contributed by atoms with Gasteiger partial charge in [-0.15, -0.1) is 0 Å². The Bertz CT molecular complexity index is 696. The van der Waals surface area contributed by atoms with Crippen LogP contribution in [0.4, 0.5) is 0 Å². The Hall–Kier alpha value is -2.29. The second-order valence-electron chi connectivity index (χ2n) is 6.54. The highest BCUT2D eigenvalue weighted by Crippen LogP contribution is 2.25. The molecule has 1 amide bonds. The Morgan fingerprint density at radius 3 is 2.46 bits per heavy atom. The lowest BCUT2D eigenvalue weighted by Crippen LogP contribution is -2.37. The Morgan fingerprint density at radius 1 is 1.00 bits per heavy atom. The van der Waals surface area contributed by atoms with Gasteiger partial charge in [-0.3, -0.25) is 4.79 Å². The second-order valence-corrected chi connectivity index (χ2v) is 6.54. The third kappa shape index (κ3) is 3.97. The van der Waals surface area contributed by atoms with Crippen molar-refractivity contribution in [1.29, 1.82) is 0 Å². The Morgan fingerprint density at radius 2 is 1.71 bits per heavy atom. The zero-order valence-electron chi connectivity index (χ0n) is 14.4. The number of para-hydroxylation sites is 1. The molecule has 2 aromatic carbocycles. The molecule has 0 spiro atoms. The molecule has 1 aliphatic rings. The lowest BCUT2D eigenvalue weighted by atomic mass is 9.89. The van der Waals surface area contributed by atoms with Crippen LogP contribution in [0, 0.1) is 0 Å². The highest BCUT2D eigenvalue weighted by atomic mass is 16.5. The highest BCUT2D eigenvalue weighted by molar-refractivity contribution is 5.81. The van der Waals surface area contributed by atoms with Gasteiger partial charge in [-0.2, -0.15) is 0 Å². The van der Waals surface area contributed by atoms with Crippen LogP contribution in [-0.2, 0) is 17.6 Å². The lowest BCUT2D eigenvalue weighted by Gasteiger charge is -2.21. The second kappa shape index (κ2) is 7.52. The maximum absolute atomic E-state index is 12.4. The standard InChI is InChI=1S/C21H25NO2/c1-15(18-13-12-17-8-6-7-9-19(17)14-18)22-21(23)16(2)24-20-10-4-3-5-11-20/h3-5,10-16H,6-9H2,1-2H3,(H,22,23)/t15-,16+/m0/s1. The molecular formula is C21H25NO2. The maximum atomic E-state index is 12.4. The van der Waals surface area contributed by atoms with Gasteiger partial charge in [0.15, 0.2) is 6.10 Å². The number of amides is 1. The van der Waals surface area contributed by atoms with Crippen LogP contribution in [0.5, 0.6) is 5.75 Å². The molecule has 0 saturated heterocycles. The molecule has 0 heterocycles. The Labute approximate surface area is 144 Å². The van der Waals surface area contributed by atoms with Gasteiger partial charge in [-0.1, -0.05) is 36.4 Å². The van der Waals surface area contributed by atoms with E-state index in [1.54, 1.807) is 6.92 Å². The van der Waals surface area contributed by atoms with E-state index in [-0.39, 0.29) is 11.9 Å². The van der Waals surface area contributed by atoms with Crippen LogP contribution in [0.15, 0.2) is 48.5 Å². The molecule has 126 valence electrons. The van der Waals surface area contributed by atoms with Gasteiger partial charge in [-0.05, 0) is 68.4 Å². The largest absolute Gasteiger partial charge is 0.481 e. The van der Waals surface area contributed by atoms with E-state index < -0.39 is 6.10 Å². The molecule has 2 aromatic rings. The number of carbonyl (C=O) groups is 1. The van der Waals surface area contributed by atoms with Crippen molar-refractivity contribution < 1.29 is 9.53 Å². The number of fused-ring (bicyclic) bond motifs is 1. The van der Waals surface area contributed by atoms with Crippen molar-refractivity contribution in [2.45, 2.75) is 51.7 Å². The number of ether oxygens (including phenoxy) is 1. The summed E-state index contributed by atoms with van der Waals surface area (Å²) in [6.07, 6.45) is 4.36. The summed E-state index contributed by atoms with van der Waals surface area (Å²) in [7, 11) is 0. The molecule has 0 radical (unpaired) electrons. The number of benzene rings is 2. The summed E-state index contributed by atoms with van der Waals surface area (Å²) in [6.45, 7) is 3.81. The number of rotatable bonds is 5. The van der Waals surface area contributed by atoms with Gasteiger partial charge in [0, 0.05) is 0 Å². The normalized spacial score (nSPS) is 15.9. The van der Waals surface area contributed by atoms with Crippen LogP contribution in [0.25, 0.3) is 0 Å². The molecule has 0 saturated carbocycles. The predicted octanol–water partition coefficient (Wildman–Crippen LogP) is 4.21. The first-order valence-corrected chi connectivity index (χ1v) is 8.77. The highest BCUT2D eigenvalue weighted by Gasteiger charge is 2.19. The molecule has 1 aliphatic carbocycles. The molecule has 24 heavy (non-hydrogen) atoms. The predicted molar refractivity (Wildman–Crippen MR) is 96.2 cm³/mol. The summed E-state index contributed by atoms with van der Waals surface area (Å²) in [5.41, 5.74) is 4.06. The third-order valence-corrected chi connectivity index (χ3v) is 4.66. The zero-order valence-corrected chi connectivity index (χ0v) is 14.4. The van der Waals surface area contributed by atoms with Crippen LogP contribution in [0.2, 0.25) is 0 Å². The van der Waals surface area contributed by atoms with E-state index in [2.05, 4.69) is 23.5 Å². The van der Waals surface area contributed by atoms with Crippen LogP contribution < -0.4 is 10.1 Å². The van der Waals surface area contributed by atoms with Crippen LogP contribution in [-0.4, -0.2) is 12.0 Å². The van der Waals surface area contributed by atoms with Crippen molar-refractivity contribution in [1.82, 2.24) is 5.32 Å². The molecule has 0 fully saturated rings. The fourth-order valence-electron chi connectivity index (χ4n) is 3.19. The first-order chi connectivity index (χ1) is 11.6. The van der Waals surface area contributed by atoms with Crippen molar-refractivity contribution in [2.75, 3.05) is 0 Å². The lowest BCUT2D eigenvalue weighted by molar-refractivity contribution is -0.127. The average Bonchev–Trinajstić information content (AvgIpc) is 2.62. The number of carbonyl (C=O) groups excluding carboxylic acids is 1. The molecule has 0 unspecified atom stereocenters. The van der Waals surface area contributed by atoms with Crippen molar-refractivity contribution in [3.8, 4) is 5.75 Å². The first kappa shape index (κ1) is 16.6. The molecule has 0 aromatic heterocycles. The minimum Gasteiger partial charge on any atom is -0.481 e. The molecular weight excluding hydrogens is 298 g/mol. The summed E-state index contributed by atoms with van der Waals surface area (Å²) in [5.74, 6) is 0.616. The smallest absolute Gasteiger partial charge is 0.261 e. The Balaban J connectivity index is 1.61. The number of hydrogen-bond acceptors (Lipinski definition) is 2. The van der Waals surface area contributed by atoms with Crippen molar-refractivity contribution in [2.24, 2.45) is 0 Å². The molecule has 3 nitrogen and oxygen atoms in total. The van der Waals surface area contributed by atoms with E-state index >= 15 is 0 Å². The summed E-state index contributed by atoms with van der Waals surface area (Å²) in [5, 5.41) is 3.06. The maximum Gasteiger partial charge on any atom is 0.261 e. The number of hydrogen-bond donors (Lipinski definition) is 1. The van der Waals surface area contributed by atoms with Crippen molar-refractivity contribution in [3.05, 3.63) is 65.2 Å². The van der Waals surface area contributed by atoms with Gasteiger partial charge < -0.3 is 10.1 Å². The van der Waals surface area contributed by atoms with Crippen molar-refractivity contribution in [3.63, 3.8) is 0 Å². The monoisotopic (exact) mass is 323 g/mol. The van der Waals surface area contributed by atoms with E-state index in [9.17, 15) is 4.79 Å². The minimum absolute atomic E-state index is 0.0217. The Kier molecular flexibility index (Phi) is 5.19. The number of nitrogens with one attached hydrogen (secondary N) is 1. The average molecular weight is 323 g/mol. The van der Waals surface area contributed by atoms with Crippen LogP contribution in [0.1, 0.15) is 49.4 Å². The van der Waals surface area contributed by atoms with Gasteiger partial charge >= 0.3 is 0 Å². The van der Waals surface area contributed by atoms with Crippen LogP contribution in [0.3, 0.4) is 0 Å². The van der Waals surface area contributed by atoms with Gasteiger partial charge in [-0.25, -0.2) is 0 Å². The van der Waals surface area contributed by atoms with Gasteiger partial charge in [0.05, 0.1) is 6.04 Å². The molecule has 3 rings (SSSR count). The van der Waals surface area contributed by atoms with Gasteiger partial charge in [0.25, 0.3) is 5.91 Å². The van der Waals surface area contributed by atoms with E-state index in [0.717, 1.165) is 12.0 Å². The quantitative estimate of drug-likeness (QED) is 0.895. The molecule has 0 aliphatic heterocycles. The first-order valence-electron chi connectivity index (χ1n) is 8.77. The summed E-state index contributed by atoms with van der Waals surface area (Å²) in [4.78, 5) is 12.4. The fourth-order valence-corrected chi connectivity index (χ4v) is 3.19. The molecule has 2 atom stereocenters. The SMILES string of the molecule is C[C@H](NC(=O)[C@@H](C)Oc1ccccc1)c1ccc2c(c1)CCCC2. The van der Waals surface area contributed by atoms with Crippen molar-refractivity contribution >= 4 is 5.91 Å².